The van der Waals surface area contributed by atoms with E-state index in [0.717, 1.165) is 11.3 Å². The Labute approximate surface area is 100 Å². The van der Waals surface area contributed by atoms with Crippen LogP contribution in [0, 0.1) is 0 Å². The first kappa shape index (κ1) is 13.5. The van der Waals surface area contributed by atoms with Crippen molar-refractivity contribution >= 4 is 5.97 Å². The van der Waals surface area contributed by atoms with Crippen LogP contribution in [0.3, 0.4) is 0 Å². The molecule has 1 atom stereocenters. The van der Waals surface area contributed by atoms with Crippen LogP contribution in [-0.4, -0.2) is 32.8 Å². The first-order chi connectivity index (χ1) is 8.21. The number of esters is 1. The van der Waals surface area contributed by atoms with Gasteiger partial charge in [-0.15, -0.1) is 0 Å². The number of benzene rings is 1. The second kappa shape index (κ2) is 6.88. The van der Waals surface area contributed by atoms with Crippen LogP contribution in [0.15, 0.2) is 24.3 Å². The maximum Gasteiger partial charge on any atom is 0.336 e. The van der Waals surface area contributed by atoms with Gasteiger partial charge in [0.25, 0.3) is 0 Å². The number of methoxy groups -OCH3 is 2. The van der Waals surface area contributed by atoms with Crippen LogP contribution >= 0.6 is 0 Å². The van der Waals surface area contributed by atoms with Gasteiger partial charge in [0, 0.05) is 13.7 Å². The van der Waals surface area contributed by atoms with Crippen LogP contribution in [0.1, 0.15) is 5.56 Å². The number of carbonyl (C=O) groups is 1. The molecule has 0 aliphatic rings. The van der Waals surface area contributed by atoms with Gasteiger partial charge in [-0.2, -0.15) is 0 Å². The van der Waals surface area contributed by atoms with E-state index < -0.39 is 12.1 Å². The van der Waals surface area contributed by atoms with Crippen molar-refractivity contribution in [2.45, 2.75) is 12.7 Å². The van der Waals surface area contributed by atoms with Crippen LogP contribution < -0.4 is 10.5 Å². The summed E-state index contributed by atoms with van der Waals surface area (Å²) in [5.74, 6) is 0.262. The van der Waals surface area contributed by atoms with Gasteiger partial charge in [-0.25, -0.2) is 4.79 Å². The lowest BCUT2D eigenvalue weighted by Gasteiger charge is -2.12. The third-order valence-electron chi connectivity index (χ3n) is 2.28. The summed E-state index contributed by atoms with van der Waals surface area (Å²) < 4.78 is 15.0. The number of carbonyl (C=O) groups excluding carboxylic acids is 1. The van der Waals surface area contributed by atoms with E-state index in [1.165, 1.54) is 7.11 Å². The average Bonchev–Trinajstić information content (AvgIpc) is 2.38. The average molecular weight is 239 g/mol. The van der Waals surface area contributed by atoms with E-state index in [1.807, 2.05) is 18.2 Å². The van der Waals surface area contributed by atoms with E-state index in [9.17, 15) is 4.79 Å². The minimum Gasteiger partial charge on any atom is -0.497 e. The lowest BCUT2D eigenvalue weighted by atomic mass is 10.2. The van der Waals surface area contributed by atoms with Crippen molar-refractivity contribution in [3.8, 4) is 5.75 Å². The summed E-state index contributed by atoms with van der Waals surface area (Å²) in [5.41, 5.74) is 6.20. The first-order valence-corrected chi connectivity index (χ1v) is 5.23. The molecule has 94 valence electrons. The van der Waals surface area contributed by atoms with Gasteiger partial charge in [-0.05, 0) is 17.7 Å². The highest BCUT2D eigenvalue weighted by molar-refractivity contribution is 5.74. The second-order valence-corrected chi connectivity index (χ2v) is 3.42. The topological polar surface area (TPSA) is 70.8 Å². The summed E-state index contributed by atoms with van der Waals surface area (Å²) in [6.07, 6.45) is -0.708. The predicted molar refractivity (Wildman–Crippen MR) is 62.6 cm³/mol. The Morgan fingerprint density at radius 1 is 1.41 bits per heavy atom. The molecular weight excluding hydrogens is 222 g/mol. The Hall–Kier alpha value is -1.59. The summed E-state index contributed by atoms with van der Waals surface area (Å²) in [5, 5.41) is 0. The molecule has 0 saturated heterocycles. The Balaban J connectivity index is 2.52. The zero-order valence-electron chi connectivity index (χ0n) is 10.0. The van der Waals surface area contributed by atoms with Gasteiger partial charge in [0.05, 0.1) is 7.11 Å². The summed E-state index contributed by atoms with van der Waals surface area (Å²) >= 11 is 0. The lowest BCUT2D eigenvalue weighted by molar-refractivity contribution is -0.156. The van der Waals surface area contributed by atoms with Crippen LogP contribution in [-0.2, 0) is 20.9 Å². The third kappa shape index (κ3) is 4.05. The molecule has 0 saturated carbocycles. The molecule has 0 amide bonds. The van der Waals surface area contributed by atoms with Gasteiger partial charge in [-0.1, -0.05) is 12.1 Å². The van der Waals surface area contributed by atoms with E-state index in [1.54, 1.807) is 13.2 Å². The molecule has 0 bridgehead atoms. The van der Waals surface area contributed by atoms with Crippen LogP contribution in [0.2, 0.25) is 0 Å². The summed E-state index contributed by atoms with van der Waals surface area (Å²) in [6.45, 7) is 0.281. The van der Waals surface area contributed by atoms with E-state index in [0.29, 0.717) is 0 Å². The molecule has 0 radical (unpaired) electrons. The van der Waals surface area contributed by atoms with Crippen molar-refractivity contribution in [3.63, 3.8) is 0 Å². The lowest BCUT2D eigenvalue weighted by Crippen LogP contribution is -2.32. The number of rotatable bonds is 6. The van der Waals surface area contributed by atoms with Gasteiger partial charge in [0.1, 0.15) is 12.4 Å². The van der Waals surface area contributed by atoms with Crippen LogP contribution in [0.5, 0.6) is 5.75 Å². The Bertz CT molecular complexity index is 363. The minimum absolute atomic E-state index is 0.105. The van der Waals surface area contributed by atoms with Crippen LogP contribution in [0.25, 0.3) is 0 Å². The van der Waals surface area contributed by atoms with Gasteiger partial charge in [-0.3, -0.25) is 0 Å². The molecule has 1 unspecified atom stereocenters. The highest BCUT2D eigenvalue weighted by Gasteiger charge is 2.17. The molecule has 0 aliphatic carbocycles. The second-order valence-electron chi connectivity index (χ2n) is 3.42. The number of nitrogens with two attached hydrogens (primary N) is 1. The molecule has 1 aromatic rings. The zero-order chi connectivity index (χ0) is 12.7. The van der Waals surface area contributed by atoms with Crippen molar-refractivity contribution in [3.05, 3.63) is 29.8 Å². The van der Waals surface area contributed by atoms with E-state index in [4.69, 9.17) is 19.9 Å². The zero-order valence-corrected chi connectivity index (χ0v) is 10.0. The van der Waals surface area contributed by atoms with Crippen molar-refractivity contribution in [2.24, 2.45) is 5.73 Å². The molecule has 5 heteroatoms. The molecule has 0 aromatic heterocycles. The molecule has 0 aliphatic heterocycles. The fourth-order valence-electron chi connectivity index (χ4n) is 1.30. The molecular formula is C12H17NO4. The molecule has 1 aromatic carbocycles. The highest BCUT2D eigenvalue weighted by atomic mass is 16.6. The Morgan fingerprint density at radius 2 is 2.18 bits per heavy atom. The summed E-state index contributed by atoms with van der Waals surface area (Å²) in [7, 11) is 3.00. The molecule has 0 spiro atoms. The molecule has 0 heterocycles. The predicted octanol–water partition coefficient (Wildman–Crippen LogP) is 0.712. The number of ether oxygens (including phenoxy) is 3. The van der Waals surface area contributed by atoms with Gasteiger partial charge >= 0.3 is 5.97 Å². The number of hydrogen-bond donors (Lipinski definition) is 1. The quantitative estimate of drug-likeness (QED) is 0.740. The standard InChI is InChI=1S/C12H17NO4/c1-15-10-5-3-4-9(6-10)8-17-12(14)11(7-13)16-2/h3-6,11H,7-8,13H2,1-2H3. The monoisotopic (exact) mass is 239 g/mol. The molecule has 5 nitrogen and oxygen atoms in total. The molecule has 17 heavy (non-hydrogen) atoms. The SMILES string of the molecule is COc1cccc(COC(=O)C(CN)OC)c1. The van der Waals surface area contributed by atoms with Crippen molar-refractivity contribution in [2.75, 3.05) is 20.8 Å². The highest BCUT2D eigenvalue weighted by Crippen LogP contribution is 2.13. The largest absolute Gasteiger partial charge is 0.497 e. The van der Waals surface area contributed by atoms with E-state index >= 15 is 0 Å². The minimum atomic E-state index is -0.708. The van der Waals surface area contributed by atoms with Crippen molar-refractivity contribution < 1.29 is 19.0 Å². The fraction of sp³-hybridized carbons (Fsp3) is 0.417. The van der Waals surface area contributed by atoms with Crippen molar-refractivity contribution in [1.29, 1.82) is 0 Å². The molecule has 1 rings (SSSR count). The fourth-order valence-corrected chi connectivity index (χ4v) is 1.30. The Morgan fingerprint density at radius 3 is 2.76 bits per heavy atom. The third-order valence-corrected chi connectivity index (χ3v) is 2.28. The van der Waals surface area contributed by atoms with E-state index in [2.05, 4.69) is 0 Å². The maximum absolute atomic E-state index is 11.5. The first-order valence-electron chi connectivity index (χ1n) is 5.23. The van der Waals surface area contributed by atoms with Gasteiger partial charge < -0.3 is 19.9 Å². The number of hydrogen-bond acceptors (Lipinski definition) is 5. The Kier molecular flexibility index (Phi) is 5.45. The van der Waals surface area contributed by atoms with Gasteiger partial charge in [0.2, 0.25) is 0 Å². The summed E-state index contributed by atoms with van der Waals surface area (Å²) in [6, 6.07) is 7.31. The summed E-state index contributed by atoms with van der Waals surface area (Å²) in [4.78, 5) is 11.5. The van der Waals surface area contributed by atoms with Gasteiger partial charge in [0.15, 0.2) is 6.10 Å². The van der Waals surface area contributed by atoms with E-state index in [-0.39, 0.29) is 13.2 Å². The maximum atomic E-state index is 11.5. The molecule has 2 N–H and O–H groups in total. The van der Waals surface area contributed by atoms with Crippen molar-refractivity contribution in [1.82, 2.24) is 0 Å². The van der Waals surface area contributed by atoms with Crippen LogP contribution in [0.4, 0.5) is 0 Å². The normalized spacial score (nSPS) is 11.9. The molecule has 0 fully saturated rings. The smallest absolute Gasteiger partial charge is 0.336 e.